The van der Waals surface area contributed by atoms with E-state index in [1.807, 2.05) is 0 Å². The Morgan fingerprint density at radius 3 is 2.65 bits per heavy atom. The molecule has 1 aromatic rings. The summed E-state index contributed by atoms with van der Waals surface area (Å²) >= 11 is 0. The van der Waals surface area contributed by atoms with Gasteiger partial charge in [-0.3, -0.25) is 4.79 Å². The van der Waals surface area contributed by atoms with Crippen molar-refractivity contribution in [2.24, 2.45) is 0 Å². The van der Waals surface area contributed by atoms with E-state index in [1.54, 1.807) is 18.2 Å². The van der Waals surface area contributed by atoms with Gasteiger partial charge in [-0.1, -0.05) is 18.2 Å². The van der Waals surface area contributed by atoms with E-state index < -0.39 is 9.84 Å². The Balaban J connectivity index is 1.65. The minimum atomic E-state index is -2.85. The van der Waals surface area contributed by atoms with E-state index in [9.17, 15) is 17.6 Å². The first-order valence-electron chi connectivity index (χ1n) is 7.59. The molecule has 7 heteroatoms. The lowest BCUT2D eigenvalue weighted by Crippen LogP contribution is -2.41. The van der Waals surface area contributed by atoms with E-state index in [1.165, 1.54) is 18.2 Å². The summed E-state index contributed by atoms with van der Waals surface area (Å²) in [4.78, 5) is 13.7. The van der Waals surface area contributed by atoms with E-state index in [2.05, 4.69) is 10.2 Å². The van der Waals surface area contributed by atoms with Crippen molar-refractivity contribution in [3.8, 4) is 0 Å². The molecule has 0 saturated carbocycles. The molecule has 0 spiro atoms. The van der Waals surface area contributed by atoms with Crippen LogP contribution in [0.15, 0.2) is 30.3 Å². The molecule has 2 rings (SSSR count). The number of nitrogens with zero attached hydrogens (tertiary/aromatic N) is 1. The molecule has 0 radical (unpaired) electrons. The van der Waals surface area contributed by atoms with Gasteiger partial charge < -0.3 is 10.2 Å². The molecule has 1 saturated heterocycles. The highest BCUT2D eigenvalue weighted by Crippen LogP contribution is 2.08. The fraction of sp³-hybridized carbons (Fsp3) is 0.438. The molecule has 1 fully saturated rings. The van der Waals surface area contributed by atoms with Crippen molar-refractivity contribution in [1.82, 2.24) is 10.2 Å². The molecule has 1 N–H and O–H groups in total. The predicted octanol–water partition coefficient (Wildman–Crippen LogP) is 1.08. The van der Waals surface area contributed by atoms with Gasteiger partial charge in [0.15, 0.2) is 9.84 Å². The van der Waals surface area contributed by atoms with Crippen LogP contribution in [0.5, 0.6) is 0 Å². The SMILES string of the molecule is O=C(C=Cc1ccccc1F)NCCCN1CCS(=O)(=O)CC1. The summed E-state index contributed by atoms with van der Waals surface area (Å²) in [6, 6.07) is 6.25. The lowest BCUT2D eigenvalue weighted by atomic mass is 10.2. The smallest absolute Gasteiger partial charge is 0.244 e. The summed E-state index contributed by atoms with van der Waals surface area (Å²) in [5.41, 5.74) is 0.372. The molecule has 0 atom stereocenters. The summed E-state index contributed by atoms with van der Waals surface area (Å²) in [5.74, 6) is -0.207. The Morgan fingerprint density at radius 1 is 1.26 bits per heavy atom. The Hall–Kier alpha value is -1.73. The van der Waals surface area contributed by atoms with Crippen LogP contribution in [-0.4, -0.2) is 56.9 Å². The van der Waals surface area contributed by atoms with Gasteiger partial charge in [0.1, 0.15) is 5.82 Å². The molecule has 0 aromatic heterocycles. The molecule has 23 heavy (non-hydrogen) atoms. The van der Waals surface area contributed by atoms with Gasteiger partial charge in [0.25, 0.3) is 0 Å². The van der Waals surface area contributed by atoms with Crippen LogP contribution in [0.1, 0.15) is 12.0 Å². The average Bonchev–Trinajstić information content (AvgIpc) is 2.52. The van der Waals surface area contributed by atoms with Crippen molar-refractivity contribution < 1.29 is 17.6 Å². The summed E-state index contributed by atoms with van der Waals surface area (Å²) in [6.45, 7) is 2.38. The second-order valence-corrected chi connectivity index (χ2v) is 7.80. The second kappa shape index (κ2) is 8.21. The Bertz CT molecular complexity index is 660. The lowest BCUT2D eigenvalue weighted by molar-refractivity contribution is -0.116. The summed E-state index contributed by atoms with van der Waals surface area (Å²) in [7, 11) is -2.85. The normalized spacial score (nSPS) is 18.1. The van der Waals surface area contributed by atoms with E-state index in [4.69, 9.17) is 0 Å². The number of hydrogen-bond donors (Lipinski definition) is 1. The summed E-state index contributed by atoms with van der Waals surface area (Å²) in [6.07, 6.45) is 3.51. The van der Waals surface area contributed by atoms with Crippen molar-refractivity contribution in [2.75, 3.05) is 37.7 Å². The molecule has 0 aliphatic carbocycles. The fourth-order valence-electron chi connectivity index (χ4n) is 2.32. The molecule has 0 unspecified atom stereocenters. The number of nitrogens with one attached hydrogen (secondary N) is 1. The molecular formula is C16H21FN2O3S. The molecule has 1 aliphatic rings. The maximum Gasteiger partial charge on any atom is 0.244 e. The molecule has 5 nitrogen and oxygen atoms in total. The van der Waals surface area contributed by atoms with Crippen LogP contribution in [0.25, 0.3) is 6.08 Å². The monoisotopic (exact) mass is 340 g/mol. The van der Waals surface area contributed by atoms with E-state index in [-0.39, 0.29) is 23.2 Å². The zero-order valence-electron chi connectivity index (χ0n) is 12.9. The van der Waals surface area contributed by atoms with Crippen LogP contribution in [0.2, 0.25) is 0 Å². The van der Waals surface area contributed by atoms with Gasteiger partial charge >= 0.3 is 0 Å². The third-order valence-electron chi connectivity index (χ3n) is 3.71. The molecule has 1 aromatic carbocycles. The van der Waals surface area contributed by atoms with Gasteiger partial charge in [0, 0.05) is 31.3 Å². The highest BCUT2D eigenvalue weighted by atomic mass is 32.2. The third kappa shape index (κ3) is 6.11. The highest BCUT2D eigenvalue weighted by Gasteiger charge is 2.20. The van der Waals surface area contributed by atoms with Gasteiger partial charge in [-0.2, -0.15) is 0 Å². The van der Waals surface area contributed by atoms with Crippen LogP contribution >= 0.6 is 0 Å². The molecule has 0 bridgehead atoms. The Morgan fingerprint density at radius 2 is 1.96 bits per heavy atom. The van der Waals surface area contributed by atoms with Gasteiger partial charge in [0.2, 0.25) is 5.91 Å². The van der Waals surface area contributed by atoms with Crippen LogP contribution in [0.4, 0.5) is 4.39 Å². The maximum atomic E-state index is 13.4. The summed E-state index contributed by atoms with van der Waals surface area (Å²) < 4.78 is 36.0. The van der Waals surface area contributed by atoms with Crippen molar-refractivity contribution in [3.63, 3.8) is 0 Å². The molecule has 1 amide bonds. The first-order chi connectivity index (χ1) is 11.0. The number of rotatable bonds is 6. The highest BCUT2D eigenvalue weighted by molar-refractivity contribution is 7.91. The number of carbonyl (C=O) groups is 1. The van der Waals surface area contributed by atoms with Crippen molar-refractivity contribution in [2.45, 2.75) is 6.42 Å². The van der Waals surface area contributed by atoms with E-state index in [0.717, 1.165) is 13.0 Å². The van der Waals surface area contributed by atoms with Crippen molar-refractivity contribution in [1.29, 1.82) is 0 Å². The lowest BCUT2D eigenvalue weighted by Gasteiger charge is -2.26. The fourth-order valence-corrected chi connectivity index (χ4v) is 3.60. The van der Waals surface area contributed by atoms with Crippen LogP contribution in [0.3, 0.4) is 0 Å². The zero-order chi connectivity index (χ0) is 16.7. The minimum Gasteiger partial charge on any atom is -0.353 e. The van der Waals surface area contributed by atoms with E-state index >= 15 is 0 Å². The van der Waals surface area contributed by atoms with E-state index in [0.29, 0.717) is 25.2 Å². The zero-order valence-corrected chi connectivity index (χ0v) is 13.7. The quantitative estimate of drug-likeness (QED) is 0.622. The van der Waals surface area contributed by atoms with Gasteiger partial charge in [-0.05, 0) is 25.1 Å². The molecule has 126 valence electrons. The molecule has 1 heterocycles. The largest absolute Gasteiger partial charge is 0.353 e. The van der Waals surface area contributed by atoms with Gasteiger partial charge in [-0.15, -0.1) is 0 Å². The number of benzene rings is 1. The third-order valence-corrected chi connectivity index (χ3v) is 5.32. The van der Waals surface area contributed by atoms with Crippen LogP contribution in [0, 0.1) is 5.82 Å². The minimum absolute atomic E-state index is 0.213. The van der Waals surface area contributed by atoms with Crippen molar-refractivity contribution in [3.05, 3.63) is 41.7 Å². The first kappa shape index (κ1) is 17.6. The Kier molecular flexibility index (Phi) is 6.29. The number of sulfone groups is 1. The number of halogens is 1. The second-order valence-electron chi connectivity index (χ2n) is 5.49. The number of carbonyl (C=O) groups excluding carboxylic acids is 1. The Labute approximate surface area is 136 Å². The van der Waals surface area contributed by atoms with Crippen LogP contribution < -0.4 is 5.32 Å². The first-order valence-corrected chi connectivity index (χ1v) is 9.42. The topological polar surface area (TPSA) is 66.5 Å². The standard InChI is InChI=1S/C16H21FN2O3S/c17-15-5-2-1-4-14(15)6-7-16(20)18-8-3-9-19-10-12-23(21,22)13-11-19/h1-2,4-7H,3,8-13H2,(H,18,20). The average molecular weight is 340 g/mol. The predicted molar refractivity (Wildman–Crippen MR) is 88.2 cm³/mol. The number of hydrogen-bond acceptors (Lipinski definition) is 4. The molecule has 1 aliphatic heterocycles. The van der Waals surface area contributed by atoms with Gasteiger partial charge in [0.05, 0.1) is 11.5 Å². The van der Waals surface area contributed by atoms with Crippen molar-refractivity contribution >= 4 is 21.8 Å². The van der Waals surface area contributed by atoms with Gasteiger partial charge in [-0.25, -0.2) is 12.8 Å². The maximum absolute atomic E-state index is 13.4. The number of amides is 1. The molecular weight excluding hydrogens is 319 g/mol. The summed E-state index contributed by atoms with van der Waals surface area (Å²) in [5, 5.41) is 2.74. The van der Waals surface area contributed by atoms with Crippen LogP contribution in [-0.2, 0) is 14.6 Å².